The second-order valence-electron chi connectivity index (χ2n) is 6.43. The Balaban J connectivity index is 1.23. The number of anilines is 1. The summed E-state index contributed by atoms with van der Waals surface area (Å²) in [5.41, 5.74) is 0.685. The molecule has 1 spiro atoms. The molecule has 4 rings (SSSR count). The Morgan fingerprint density at radius 3 is 2.74 bits per heavy atom. The monoisotopic (exact) mass is 333 g/mol. The van der Waals surface area contributed by atoms with Crippen molar-refractivity contribution in [2.45, 2.75) is 37.8 Å². The second kappa shape index (κ2) is 5.49. The smallest absolute Gasteiger partial charge is 0.273 e. The van der Waals surface area contributed by atoms with E-state index in [1.54, 1.807) is 6.20 Å². The molecule has 0 aromatic carbocycles. The Hall–Kier alpha value is -2.15. The van der Waals surface area contributed by atoms with Crippen LogP contribution in [0.5, 0.6) is 0 Å². The van der Waals surface area contributed by atoms with Crippen LogP contribution in [0.15, 0.2) is 29.5 Å². The number of halogens is 1. The molecule has 1 amide bonds. The summed E-state index contributed by atoms with van der Waals surface area (Å²) in [4.78, 5) is 23.9. The molecule has 0 aliphatic heterocycles. The third-order valence-corrected chi connectivity index (χ3v) is 4.86. The van der Waals surface area contributed by atoms with Gasteiger partial charge in [0.2, 0.25) is 0 Å². The Morgan fingerprint density at radius 1 is 1.26 bits per heavy atom. The number of carbonyl (C=O) groups is 1. The van der Waals surface area contributed by atoms with Gasteiger partial charge in [0.15, 0.2) is 12.1 Å². The van der Waals surface area contributed by atoms with Gasteiger partial charge in [-0.2, -0.15) is 0 Å². The predicted octanol–water partition coefficient (Wildman–Crippen LogP) is 2.27. The topological polar surface area (TPSA) is 92.9 Å². The Kier molecular flexibility index (Phi) is 3.45. The van der Waals surface area contributed by atoms with Gasteiger partial charge in [0.05, 0.1) is 12.4 Å². The van der Waals surface area contributed by atoms with Crippen LogP contribution in [-0.4, -0.2) is 32.9 Å². The van der Waals surface area contributed by atoms with Crippen LogP contribution in [0.4, 0.5) is 5.82 Å². The average Bonchev–Trinajstić information content (AvgIpc) is 2.96. The minimum Gasteiger partial charge on any atom is -0.451 e. The lowest BCUT2D eigenvalue weighted by molar-refractivity contribution is -0.0103. The van der Waals surface area contributed by atoms with Crippen molar-refractivity contribution in [1.29, 1.82) is 0 Å². The van der Waals surface area contributed by atoms with Gasteiger partial charge in [-0.1, -0.05) is 11.6 Å². The highest BCUT2D eigenvalue weighted by Crippen LogP contribution is 2.56. The summed E-state index contributed by atoms with van der Waals surface area (Å²) in [6.45, 7) is 0. The van der Waals surface area contributed by atoms with Crippen molar-refractivity contribution >= 4 is 23.3 Å². The van der Waals surface area contributed by atoms with Gasteiger partial charge in [-0.3, -0.25) is 9.78 Å². The van der Waals surface area contributed by atoms with Crippen LogP contribution in [0.2, 0.25) is 5.15 Å². The molecule has 0 unspecified atom stereocenters. The molecule has 23 heavy (non-hydrogen) atoms. The summed E-state index contributed by atoms with van der Waals surface area (Å²) in [6, 6.07) is 0.626. The molecule has 2 saturated carbocycles. The van der Waals surface area contributed by atoms with Crippen molar-refractivity contribution in [2.24, 2.45) is 5.41 Å². The number of amides is 1. The largest absolute Gasteiger partial charge is 0.451 e. The zero-order valence-electron chi connectivity index (χ0n) is 12.3. The molecule has 2 fully saturated rings. The predicted molar refractivity (Wildman–Crippen MR) is 83.1 cm³/mol. The van der Waals surface area contributed by atoms with E-state index in [-0.39, 0.29) is 11.9 Å². The summed E-state index contributed by atoms with van der Waals surface area (Å²) in [5, 5.41) is 6.74. The fourth-order valence-corrected chi connectivity index (χ4v) is 3.86. The highest BCUT2D eigenvalue weighted by Gasteiger charge is 2.53. The Labute approximate surface area is 137 Å². The SMILES string of the molecule is O=C(NC1CC2(C1)CC(Nc1cncc(Cl)n1)C2)c1cocn1. The lowest BCUT2D eigenvalue weighted by atomic mass is 9.52. The average molecular weight is 334 g/mol. The molecule has 2 heterocycles. The lowest BCUT2D eigenvalue weighted by Crippen LogP contribution is -2.59. The van der Waals surface area contributed by atoms with Gasteiger partial charge in [-0.05, 0) is 31.1 Å². The molecule has 2 aromatic heterocycles. The Morgan fingerprint density at radius 2 is 2.04 bits per heavy atom. The van der Waals surface area contributed by atoms with Crippen LogP contribution < -0.4 is 10.6 Å². The van der Waals surface area contributed by atoms with Gasteiger partial charge in [0.25, 0.3) is 5.91 Å². The molecule has 2 aliphatic rings. The second-order valence-corrected chi connectivity index (χ2v) is 6.82. The molecular weight excluding hydrogens is 318 g/mol. The van der Waals surface area contributed by atoms with Crippen molar-refractivity contribution in [3.8, 4) is 0 Å². The number of hydrogen-bond acceptors (Lipinski definition) is 6. The standard InChI is InChI=1S/C15H16ClN5O2/c16-12-5-17-6-13(21-12)19-9-1-15(2-9)3-10(4-15)20-14(22)11-7-23-8-18-11/h5-10H,1-4H2,(H,19,21)(H,20,22). The maximum absolute atomic E-state index is 11.9. The summed E-state index contributed by atoms with van der Waals surface area (Å²) >= 11 is 5.83. The Bertz CT molecular complexity index is 706. The summed E-state index contributed by atoms with van der Waals surface area (Å²) < 4.78 is 4.82. The van der Waals surface area contributed by atoms with E-state index in [1.807, 2.05) is 0 Å². The molecule has 7 nitrogen and oxygen atoms in total. The van der Waals surface area contributed by atoms with Crippen molar-refractivity contribution in [3.63, 3.8) is 0 Å². The first-order valence-corrected chi connectivity index (χ1v) is 7.93. The van der Waals surface area contributed by atoms with Crippen LogP contribution in [0, 0.1) is 5.41 Å². The molecule has 0 atom stereocenters. The number of oxazole rings is 1. The number of rotatable bonds is 4. The van der Waals surface area contributed by atoms with E-state index >= 15 is 0 Å². The van der Waals surface area contributed by atoms with Gasteiger partial charge in [0, 0.05) is 12.1 Å². The van der Waals surface area contributed by atoms with Crippen molar-refractivity contribution in [1.82, 2.24) is 20.3 Å². The van der Waals surface area contributed by atoms with Crippen LogP contribution >= 0.6 is 11.6 Å². The molecule has 2 aliphatic carbocycles. The minimum absolute atomic E-state index is 0.165. The first-order valence-electron chi connectivity index (χ1n) is 7.55. The van der Waals surface area contributed by atoms with Crippen molar-refractivity contribution < 1.29 is 9.21 Å². The van der Waals surface area contributed by atoms with Crippen LogP contribution in [-0.2, 0) is 0 Å². The highest BCUT2D eigenvalue weighted by molar-refractivity contribution is 6.29. The number of nitrogens with one attached hydrogen (secondary N) is 2. The quantitative estimate of drug-likeness (QED) is 0.891. The van der Waals surface area contributed by atoms with E-state index in [0.29, 0.717) is 28.1 Å². The molecule has 8 heteroatoms. The first kappa shape index (κ1) is 14.4. The number of nitrogens with zero attached hydrogens (tertiary/aromatic N) is 3. The highest BCUT2D eigenvalue weighted by atomic mass is 35.5. The van der Waals surface area contributed by atoms with Crippen molar-refractivity contribution in [2.75, 3.05) is 5.32 Å². The zero-order valence-corrected chi connectivity index (χ0v) is 13.1. The fourth-order valence-electron chi connectivity index (χ4n) is 3.71. The van der Waals surface area contributed by atoms with E-state index in [1.165, 1.54) is 18.9 Å². The van der Waals surface area contributed by atoms with Crippen LogP contribution in [0.1, 0.15) is 36.2 Å². The van der Waals surface area contributed by atoms with E-state index < -0.39 is 0 Å². The molecule has 0 radical (unpaired) electrons. The molecule has 2 aromatic rings. The van der Waals surface area contributed by atoms with Gasteiger partial charge >= 0.3 is 0 Å². The zero-order chi connectivity index (χ0) is 15.9. The lowest BCUT2D eigenvalue weighted by Gasteiger charge is -2.57. The van der Waals surface area contributed by atoms with Gasteiger partial charge in [0.1, 0.15) is 17.2 Å². The molecule has 2 N–H and O–H groups in total. The number of aromatic nitrogens is 3. The molecule has 120 valence electrons. The third-order valence-electron chi connectivity index (χ3n) is 4.67. The number of hydrogen-bond donors (Lipinski definition) is 2. The van der Waals surface area contributed by atoms with E-state index in [9.17, 15) is 4.79 Å². The summed E-state index contributed by atoms with van der Waals surface area (Å²) in [7, 11) is 0. The van der Waals surface area contributed by atoms with E-state index in [2.05, 4.69) is 25.6 Å². The van der Waals surface area contributed by atoms with Crippen molar-refractivity contribution in [3.05, 3.63) is 35.9 Å². The van der Waals surface area contributed by atoms with Crippen LogP contribution in [0.25, 0.3) is 0 Å². The molecule has 0 bridgehead atoms. The fraction of sp³-hybridized carbons (Fsp3) is 0.467. The van der Waals surface area contributed by atoms with E-state index in [0.717, 1.165) is 25.7 Å². The van der Waals surface area contributed by atoms with Gasteiger partial charge < -0.3 is 15.1 Å². The van der Waals surface area contributed by atoms with Crippen LogP contribution in [0.3, 0.4) is 0 Å². The van der Waals surface area contributed by atoms with Gasteiger partial charge in [-0.25, -0.2) is 9.97 Å². The summed E-state index contributed by atoms with van der Waals surface area (Å²) in [6.07, 6.45) is 10.00. The summed E-state index contributed by atoms with van der Waals surface area (Å²) in [5.74, 6) is 0.550. The minimum atomic E-state index is -0.165. The normalized spacial score (nSPS) is 28.7. The first-order chi connectivity index (χ1) is 11.1. The maximum Gasteiger partial charge on any atom is 0.273 e. The van der Waals surface area contributed by atoms with Gasteiger partial charge in [-0.15, -0.1) is 0 Å². The van der Waals surface area contributed by atoms with E-state index in [4.69, 9.17) is 16.0 Å². The molecular formula is C15H16ClN5O2. The third kappa shape index (κ3) is 2.88. The molecule has 0 saturated heterocycles. The maximum atomic E-state index is 11.9. The number of carbonyl (C=O) groups excluding carboxylic acids is 1.